The molecule has 3 aromatic rings. The molecule has 8 nitrogen and oxygen atoms in total. The lowest BCUT2D eigenvalue weighted by Gasteiger charge is -2.07. The van der Waals surface area contributed by atoms with Gasteiger partial charge < -0.3 is 14.5 Å². The number of nitrogens with zero attached hydrogens (tertiary/aromatic N) is 2. The molecule has 0 unspecified atom stereocenters. The molecule has 1 N–H and O–H groups in total. The summed E-state index contributed by atoms with van der Waals surface area (Å²) in [6.45, 7) is 4.95. The standard InChI is InChI=1S/C19H19N3O5/c1-10-6-5-7-14-21-13(8-15(23)22(10)14)9-27-19(25)17-11(2)16(12(3)20-17)18(24)26-4/h5-8,20H,9H2,1-4H3. The van der Waals surface area contributed by atoms with Crippen LogP contribution < -0.4 is 5.56 Å². The average Bonchev–Trinajstić information content (AvgIpc) is 2.93. The van der Waals surface area contributed by atoms with Crippen LogP contribution in [0.4, 0.5) is 0 Å². The van der Waals surface area contributed by atoms with E-state index in [1.54, 1.807) is 26.0 Å². The Bertz CT molecular complexity index is 1110. The number of aryl methyl sites for hydroxylation is 2. The van der Waals surface area contributed by atoms with Crippen LogP contribution in [-0.4, -0.2) is 33.4 Å². The van der Waals surface area contributed by atoms with E-state index in [1.807, 2.05) is 13.0 Å². The number of hydrogen-bond donors (Lipinski definition) is 1. The van der Waals surface area contributed by atoms with Crippen molar-refractivity contribution in [2.45, 2.75) is 27.4 Å². The minimum Gasteiger partial charge on any atom is -0.465 e. The SMILES string of the molecule is COC(=O)c1c(C)[nH]c(C(=O)OCc2cc(=O)n3c(C)cccc3n2)c1C. The van der Waals surface area contributed by atoms with E-state index in [2.05, 4.69) is 9.97 Å². The van der Waals surface area contributed by atoms with Gasteiger partial charge in [0.15, 0.2) is 0 Å². The number of aromatic nitrogens is 3. The van der Waals surface area contributed by atoms with E-state index in [0.717, 1.165) is 5.69 Å². The zero-order valence-corrected chi connectivity index (χ0v) is 15.5. The normalized spacial score (nSPS) is 10.8. The van der Waals surface area contributed by atoms with E-state index >= 15 is 0 Å². The van der Waals surface area contributed by atoms with Gasteiger partial charge in [0, 0.05) is 17.5 Å². The number of fused-ring (bicyclic) bond motifs is 1. The second-order valence-electron chi connectivity index (χ2n) is 6.14. The first-order valence-corrected chi connectivity index (χ1v) is 8.26. The molecule has 0 amide bonds. The van der Waals surface area contributed by atoms with Crippen molar-refractivity contribution in [1.82, 2.24) is 14.4 Å². The lowest BCUT2D eigenvalue weighted by atomic mass is 10.1. The summed E-state index contributed by atoms with van der Waals surface area (Å²) in [5.41, 5.74) is 2.78. The average molecular weight is 369 g/mol. The van der Waals surface area contributed by atoms with Crippen LogP contribution in [0.3, 0.4) is 0 Å². The summed E-state index contributed by atoms with van der Waals surface area (Å²) < 4.78 is 11.5. The first-order chi connectivity index (χ1) is 12.8. The van der Waals surface area contributed by atoms with E-state index in [9.17, 15) is 14.4 Å². The Morgan fingerprint density at radius 3 is 2.63 bits per heavy atom. The van der Waals surface area contributed by atoms with Crippen LogP contribution in [0.1, 0.15) is 43.5 Å². The summed E-state index contributed by atoms with van der Waals surface area (Å²) in [5, 5.41) is 0. The van der Waals surface area contributed by atoms with Crippen molar-refractivity contribution in [1.29, 1.82) is 0 Å². The number of nitrogens with one attached hydrogen (secondary N) is 1. The van der Waals surface area contributed by atoms with Crippen LogP contribution in [0.5, 0.6) is 0 Å². The van der Waals surface area contributed by atoms with Crippen LogP contribution >= 0.6 is 0 Å². The Labute approximate surface area is 154 Å². The van der Waals surface area contributed by atoms with Gasteiger partial charge in [-0.3, -0.25) is 9.20 Å². The fraction of sp³-hybridized carbons (Fsp3) is 0.263. The van der Waals surface area contributed by atoms with E-state index in [-0.39, 0.29) is 17.9 Å². The highest BCUT2D eigenvalue weighted by Crippen LogP contribution is 2.20. The summed E-state index contributed by atoms with van der Waals surface area (Å²) in [6.07, 6.45) is 0. The molecule has 0 saturated carbocycles. The van der Waals surface area contributed by atoms with E-state index in [1.165, 1.54) is 17.6 Å². The highest BCUT2D eigenvalue weighted by atomic mass is 16.5. The number of rotatable bonds is 4. The van der Waals surface area contributed by atoms with Gasteiger partial charge in [-0.25, -0.2) is 14.6 Å². The highest BCUT2D eigenvalue weighted by Gasteiger charge is 2.23. The van der Waals surface area contributed by atoms with Crippen molar-refractivity contribution < 1.29 is 19.1 Å². The molecule has 0 aliphatic carbocycles. The molecule has 3 aromatic heterocycles. The summed E-state index contributed by atoms with van der Waals surface area (Å²) in [5.74, 6) is -1.17. The largest absolute Gasteiger partial charge is 0.465 e. The first-order valence-electron chi connectivity index (χ1n) is 8.26. The number of carbonyl (C=O) groups is 2. The number of esters is 2. The number of carbonyl (C=O) groups excluding carboxylic acids is 2. The molecule has 0 aliphatic heterocycles. The molecular formula is C19H19N3O5. The molecule has 3 rings (SSSR count). The molecule has 0 bridgehead atoms. The topological polar surface area (TPSA) is 103 Å². The molecule has 0 fully saturated rings. The van der Waals surface area contributed by atoms with Gasteiger partial charge in [-0.15, -0.1) is 0 Å². The molecule has 3 heterocycles. The minimum atomic E-state index is -0.642. The van der Waals surface area contributed by atoms with Crippen LogP contribution in [0, 0.1) is 20.8 Å². The van der Waals surface area contributed by atoms with Gasteiger partial charge in [-0.2, -0.15) is 0 Å². The van der Waals surface area contributed by atoms with Crippen molar-refractivity contribution in [2.24, 2.45) is 0 Å². The maximum absolute atomic E-state index is 12.4. The molecule has 0 aromatic carbocycles. The number of pyridine rings is 1. The monoisotopic (exact) mass is 369 g/mol. The molecule has 140 valence electrons. The zero-order valence-electron chi connectivity index (χ0n) is 15.5. The second kappa shape index (κ2) is 7.06. The summed E-state index contributed by atoms with van der Waals surface area (Å²) in [4.78, 5) is 43.7. The van der Waals surface area contributed by atoms with Crippen molar-refractivity contribution in [3.8, 4) is 0 Å². The Hall–Kier alpha value is -3.42. The Balaban J connectivity index is 1.84. The van der Waals surface area contributed by atoms with Gasteiger partial charge in [0.05, 0.1) is 18.4 Å². The minimum absolute atomic E-state index is 0.163. The van der Waals surface area contributed by atoms with Crippen LogP contribution in [0.15, 0.2) is 29.1 Å². The number of ether oxygens (including phenoxy) is 2. The number of H-pyrrole nitrogens is 1. The summed E-state index contributed by atoms with van der Waals surface area (Å²) in [6, 6.07) is 6.65. The van der Waals surface area contributed by atoms with Crippen LogP contribution in [0.2, 0.25) is 0 Å². The maximum atomic E-state index is 12.4. The van der Waals surface area contributed by atoms with Gasteiger partial charge in [-0.1, -0.05) is 6.07 Å². The van der Waals surface area contributed by atoms with Crippen molar-refractivity contribution in [3.63, 3.8) is 0 Å². The molecule has 0 radical (unpaired) electrons. The molecule has 0 aliphatic rings. The van der Waals surface area contributed by atoms with Gasteiger partial charge >= 0.3 is 11.9 Å². The molecule has 0 spiro atoms. The van der Waals surface area contributed by atoms with Gasteiger partial charge in [-0.05, 0) is 38.5 Å². The lowest BCUT2D eigenvalue weighted by molar-refractivity contribution is 0.0460. The summed E-state index contributed by atoms with van der Waals surface area (Å²) >= 11 is 0. The van der Waals surface area contributed by atoms with E-state index < -0.39 is 11.9 Å². The van der Waals surface area contributed by atoms with Crippen LogP contribution in [-0.2, 0) is 16.1 Å². The quantitative estimate of drug-likeness (QED) is 0.707. The van der Waals surface area contributed by atoms with E-state index in [4.69, 9.17) is 9.47 Å². The molecule has 0 atom stereocenters. The fourth-order valence-corrected chi connectivity index (χ4v) is 3.01. The Morgan fingerprint density at radius 2 is 1.93 bits per heavy atom. The lowest BCUT2D eigenvalue weighted by Crippen LogP contribution is -2.18. The molecular weight excluding hydrogens is 350 g/mol. The predicted octanol–water partition coefficient (Wildman–Crippen LogP) is 2.09. The van der Waals surface area contributed by atoms with Crippen molar-refractivity contribution in [2.75, 3.05) is 7.11 Å². The van der Waals surface area contributed by atoms with Gasteiger partial charge in [0.2, 0.25) is 0 Å². The van der Waals surface area contributed by atoms with Gasteiger partial charge in [0.1, 0.15) is 17.9 Å². The smallest absolute Gasteiger partial charge is 0.355 e. The highest BCUT2D eigenvalue weighted by molar-refractivity contribution is 5.98. The first kappa shape index (κ1) is 18.4. The Kier molecular flexibility index (Phi) is 4.81. The Morgan fingerprint density at radius 1 is 1.19 bits per heavy atom. The maximum Gasteiger partial charge on any atom is 0.355 e. The second-order valence-corrected chi connectivity index (χ2v) is 6.14. The molecule has 0 saturated heterocycles. The third kappa shape index (κ3) is 3.33. The number of aromatic amines is 1. The van der Waals surface area contributed by atoms with Crippen LogP contribution in [0.25, 0.3) is 5.65 Å². The summed E-state index contributed by atoms with van der Waals surface area (Å²) in [7, 11) is 1.28. The zero-order chi connectivity index (χ0) is 19.7. The fourth-order valence-electron chi connectivity index (χ4n) is 3.01. The van der Waals surface area contributed by atoms with Gasteiger partial charge in [0.25, 0.3) is 5.56 Å². The molecule has 8 heteroatoms. The number of hydrogen-bond acceptors (Lipinski definition) is 6. The van der Waals surface area contributed by atoms with Crippen molar-refractivity contribution >= 4 is 17.6 Å². The molecule has 27 heavy (non-hydrogen) atoms. The predicted molar refractivity (Wildman–Crippen MR) is 96.9 cm³/mol. The number of methoxy groups -OCH3 is 1. The third-order valence-electron chi connectivity index (χ3n) is 4.32. The third-order valence-corrected chi connectivity index (χ3v) is 4.32. The van der Waals surface area contributed by atoms with Crippen molar-refractivity contribution in [3.05, 3.63) is 68.5 Å². The van der Waals surface area contributed by atoms with E-state index in [0.29, 0.717) is 28.2 Å².